The van der Waals surface area contributed by atoms with E-state index < -0.39 is 11.7 Å². The molecule has 1 unspecified atom stereocenters. The third-order valence-electron chi connectivity index (χ3n) is 3.72. The van der Waals surface area contributed by atoms with Crippen molar-refractivity contribution < 1.29 is 13.2 Å². The maximum absolute atomic E-state index is 12.5. The van der Waals surface area contributed by atoms with E-state index in [4.69, 9.17) is 0 Å². The molecular formula is C14H19F3N2. The number of benzene rings is 1. The number of hydrogen-bond donors (Lipinski definition) is 1. The summed E-state index contributed by atoms with van der Waals surface area (Å²) in [5, 5.41) is 3.18. The minimum Gasteiger partial charge on any atom is -0.371 e. The SMILES string of the molecule is CNCC1(C)CCN(c2ccc(C(F)(F)F)cc2)C1. The van der Waals surface area contributed by atoms with Gasteiger partial charge < -0.3 is 10.2 Å². The van der Waals surface area contributed by atoms with E-state index in [1.54, 1.807) is 12.1 Å². The van der Waals surface area contributed by atoms with Crippen LogP contribution in [0.3, 0.4) is 0 Å². The summed E-state index contributed by atoms with van der Waals surface area (Å²) in [5.74, 6) is 0. The van der Waals surface area contributed by atoms with Gasteiger partial charge in [-0.1, -0.05) is 6.92 Å². The molecule has 0 saturated carbocycles. The molecule has 0 bridgehead atoms. The van der Waals surface area contributed by atoms with Crippen LogP contribution in [0.15, 0.2) is 24.3 Å². The lowest BCUT2D eigenvalue weighted by Crippen LogP contribution is -2.33. The first-order valence-corrected chi connectivity index (χ1v) is 6.41. The van der Waals surface area contributed by atoms with E-state index in [1.165, 1.54) is 0 Å². The summed E-state index contributed by atoms with van der Waals surface area (Å²) in [5.41, 5.74) is 0.471. The van der Waals surface area contributed by atoms with Crippen LogP contribution in [0.5, 0.6) is 0 Å². The van der Waals surface area contributed by atoms with Gasteiger partial charge in [-0.2, -0.15) is 13.2 Å². The van der Waals surface area contributed by atoms with Gasteiger partial charge in [-0.05, 0) is 43.1 Å². The molecule has 1 fully saturated rings. The van der Waals surface area contributed by atoms with Crippen molar-refractivity contribution in [1.82, 2.24) is 5.32 Å². The summed E-state index contributed by atoms with van der Waals surface area (Å²) in [6, 6.07) is 5.44. The Morgan fingerprint density at radius 1 is 1.26 bits per heavy atom. The van der Waals surface area contributed by atoms with E-state index in [0.717, 1.165) is 43.9 Å². The summed E-state index contributed by atoms with van der Waals surface area (Å²) in [6.45, 7) is 4.89. The van der Waals surface area contributed by atoms with Crippen LogP contribution in [0.4, 0.5) is 18.9 Å². The van der Waals surface area contributed by atoms with Crippen molar-refractivity contribution in [3.63, 3.8) is 0 Å². The number of anilines is 1. The highest BCUT2D eigenvalue weighted by atomic mass is 19.4. The van der Waals surface area contributed by atoms with Crippen LogP contribution in [0.2, 0.25) is 0 Å². The van der Waals surface area contributed by atoms with Crippen molar-refractivity contribution in [3.8, 4) is 0 Å². The summed E-state index contributed by atoms with van der Waals surface area (Å²) < 4.78 is 37.5. The van der Waals surface area contributed by atoms with Gasteiger partial charge in [0.15, 0.2) is 0 Å². The van der Waals surface area contributed by atoms with Crippen molar-refractivity contribution in [1.29, 1.82) is 0 Å². The molecule has 0 radical (unpaired) electrons. The van der Waals surface area contributed by atoms with Gasteiger partial charge in [-0.25, -0.2) is 0 Å². The minimum absolute atomic E-state index is 0.192. The van der Waals surface area contributed by atoms with E-state index in [9.17, 15) is 13.2 Å². The summed E-state index contributed by atoms with van der Waals surface area (Å²) in [4.78, 5) is 2.15. The van der Waals surface area contributed by atoms with Gasteiger partial charge in [0.05, 0.1) is 5.56 Å². The van der Waals surface area contributed by atoms with E-state index in [0.29, 0.717) is 0 Å². The van der Waals surface area contributed by atoms with Gasteiger partial charge >= 0.3 is 6.18 Å². The van der Waals surface area contributed by atoms with Crippen molar-refractivity contribution >= 4 is 5.69 Å². The number of alkyl halides is 3. The second-order valence-electron chi connectivity index (χ2n) is 5.56. The van der Waals surface area contributed by atoms with Crippen LogP contribution in [0, 0.1) is 5.41 Å². The molecule has 1 aliphatic rings. The molecule has 1 aliphatic heterocycles. The molecule has 2 nitrogen and oxygen atoms in total. The fourth-order valence-corrected chi connectivity index (χ4v) is 2.68. The Balaban J connectivity index is 2.08. The molecule has 1 heterocycles. The zero-order valence-electron chi connectivity index (χ0n) is 11.2. The lowest BCUT2D eigenvalue weighted by Gasteiger charge is -2.25. The molecule has 1 aromatic carbocycles. The predicted molar refractivity (Wildman–Crippen MR) is 70.3 cm³/mol. The lowest BCUT2D eigenvalue weighted by molar-refractivity contribution is -0.137. The molecule has 0 amide bonds. The van der Waals surface area contributed by atoms with Crippen molar-refractivity contribution in [3.05, 3.63) is 29.8 Å². The van der Waals surface area contributed by atoms with Crippen LogP contribution < -0.4 is 10.2 Å². The highest BCUT2D eigenvalue weighted by molar-refractivity contribution is 5.49. The second-order valence-corrected chi connectivity index (χ2v) is 5.56. The predicted octanol–water partition coefficient (Wildman–Crippen LogP) is 3.14. The second kappa shape index (κ2) is 5.04. The zero-order valence-corrected chi connectivity index (χ0v) is 11.2. The molecule has 19 heavy (non-hydrogen) atoms. The smallest absolute Gasteiger partial charge is 0.371 e. The molecule has 106 valence electrons. The number of nitrogens with one attached hydrogen (secondary N) is 1. The summed E-state index contributed by atoms with van der Waals surface area (Å²) >= 11 is 0. The zero-order chi connectivity index (χ0) is 14.1. The molecule has 1 saturated heterocycles. The highest BCUT2D eigenvalue weighted by Gasteiger charge is 2.34. The topological polar surface area (TPSA) is 15.3 Å². The molecule has 1 aromatic rings. The van der Waals surface area contributed by atoms with E-state index in [2.05, 4.69) is 17.1 Å². The maximum atomic E-state index is 12.5. The van der Waals surface area contributed by atoms with Crippen LogP contribution in [0.25, 0.3) is 0 Å². The molecule has 1 atom stereocenters. The summed E-state index contributed by atoms with van der Waals surface area (Å²) in [6.07, 6.45) is -3.21. The van der Waals surface area contributed by atoms with Crippen LogP contribution in [0.1, 0.15) is 18.9 Å². The fraction of sp³-hybridized carbons (Fsp3) is 0.571. The average molecular weight is 272 g/mol. The standard InChI is InChI=1S/C14H19F3N2/c1-13(9-18-2)7-8-19(10-13)12-5-3-11(4-6-12)14(15,16)17/h3-6,18H,7-10H2,1-2H3. The van der Waals surface area contributed by atoms with Gasteiger partial charge in [-0.3, -0.25) is 0 Å². The van der Waals surface area contributed by atoms with Gasteiger partial charge in [0.25, 0.3) is 0 Å². The fourth-order valence-electron chi connectivity index (χ4n) is 2.68. The highest BCUT2D eigenvalue weighted by Crippen LogP contribution is 2.34. The Kier molecular flexibility index (Phi) is 3.76. The molecule has 0 spiro atoms. The van der Waals surface area contributed by atoms with E-state index in [-0.39, 0.29) is 5.41 Å². The third kappa shape index (κ3) is 3.21. The summed E-state index contributed by atoms with van der Waals surface area (Å²) in [7, 11) is 1.92. The van der Waals surface area contributed by atoms with Gasteiger partial charge in [-0.15, -0.1) is 0 Å². The average Bonchev–Trinajstić information content (AvgIpc) is 2.71. The molecule has 1 N–H and O–H groups in total. The Bertz CT molecular complexity index is 427. The lowest BCUT2D eigenvalue weighted by atomic mass is 9.90. The number of halogens is 3. The monoisotopic (exact) mass is 272 g/mol. The first-order chi connectivity index (χ1) is 8.84. The minimum atomic E-state index is -4.26. The molecule has 5 heteroatoms. The van der Waals surface area contributed by atoms with Crippen molar-refractivity contribution in [2.75, 3.05) is 31.6 Å². The molecule has 2 rings (SSSR count). The van der Waals surface area contributed by atoms with E-state index >= 15 is 0 Å². The normalized spacial score (nSPS) is 23.9. The van der Waals surface area contributed by atoms with Crippen LogP contribution >= 0.6 is 0 Å². The number of rotatable bonds is 3. The maximum Gasteiger partial charge on any atom is 0.416 e. The largest absolute Gasteiger partial charge is 0.416 e. The third-order valence-corrected chi connectivity index (χ3v) is 3.72. The molecule has 0 aliphatic carbocycles. The van der Waals surface area contributed by atoms with Gasteiger partial charge in [0.2, 0.25) is 0 Å². The number of hydrogen-bond acceptors (Lipinski definition) is 2. The van der Waals surface area contributed by atoms with Crippen LogP contribution in [-0.4, -0.2) is 26.7 Å². The van der Waals surface area contributed by atoms with Crippen molar-refractivity contribution in [2.45, 2.75) is 19.5 Å². The first-order valence-electron chi connectivity index (χ1n) is 6.41. The molecular weight excluding hydrogens is 253 g/mol. The number of nitrogens with zero attached hydrogens (tertiary/aromatic N) is 1. The van der Waals surface area contributed by atoms with Gasteiger partial charge in [0.1, 0.15) is 0 Å². The molecule has 0 aromatic heterocycles. The van der Waals surface area contributed by atoms with E-state index in [1.807, 2.05) is 7.05 Å². The Morgan fingerprint density at radius 3 is 2.42 bits per heavy atom. The van der Waals surface area contributed by atoms with Crippen LogP contribution in [-0.2, 0) is 6.18 Å². The first kappa shape index (κ1) is 14.2. The quantitative estimate of drug-likeness (QED) is 0.909. The Hall–Kier alpha value is -1.23. The van der Waals surface area contributed by atoms with Gasteiger partial charge in [0, 0.05) is 25.3 Å². The Labute approximate surface area is 111 Å². The van der Waals surface area contributed by atoms with Crippen molar-refractivity contribution in [2.24, 2.45) is 5.41 Å². The Morgan fingerprint density at radius 2 is 1.89 bits per heavy atom.